The molecule has 0 aliphatic carbocycles. The number of nitrogens with zero attached hydrogens (tertiary/aromatic N) is 2. The number of allylic oxidation sites excluding steroid dienone is 1. The molecule has 0 saturated carbocycles. The number of ketones is 1. The van der Waals surface area contributed by atoms with Crippen molar-refractivity contribution in [2.45, 2.75) is 6.42 Å². The van der Waals surface area contributed by atoms with Crippen molar-refractivity contribution >= 4 is 23.0 Å². The van der Waals surface area contributed by atoms with Crippen LogP contribution in [0.1, 0.15) is 31.8 Å². The molecule has 0 atom stereocenters. The van der Waals surface area contributed by atoms with Crippen LogP contribution in [0.4, 0.5) is 5.69 Å². The van der Waals surface area contributed by atoms with Crippen LogP contribution in [0.2, 0.25) is 0 Å². The van der Waals surface area contributed by atoms with E-state index in [1.54, 1.807) is 30.6 Å². The lowest BCUT2D eigenvalue weighted by Crippen LogP contribution is -2.15. The van der Waals surface area contributed by atoms with E-state index in [2.05, 4.69) is 9.88 Å². The normalized spacial score (nSPS) is 13.1. The minimum absolute atomic E-state index is 0.0572. The number of fused-ring (bicyclic) bond motifs is 1. The second-order valence-electron chi connectivity index (χ2n) is 6.75. The van der Waals surface area contributed by atoms with Crippen molar-refractivity contribution in [1.29, 1.82) is 0 Å². The van der Waals surface area contributed by atoms with Crippen LogP contribution in [0.15, 0.2) is 79.3 Å². The smallest absolute Gasteiger partial charge is 0.337 e. The van der Waals surface area contributed by atoms with Gasteiger partial charge in [0.1, 0.15) is 0 Å². The molecular weight excluding hydrogens is 364 g/mol. The van der Waals surface area contributed by atoms with Crippen LogP contribution in [-0.2, 0) is 11.2 Å². The predicted octanol–water partition coefficient (Wildman–Crippen LogP) is 4.15. The molecule has 1 aliphatic heterocycles. The molecular formula is C24H20N2O3. The molecule has 0 saturated heterocycles. The van der Waals surface area contributed by atoms with E-state index in [1.165, 1.54) is 7.11 Å². The SMILES string of the molecule is COC(=O)c1ccc2c(c1)CCN2/C=C(/C(=O)c1ccncc1)c1ccccc1. The highest BCUT2D eigenvalue weighted by Gasteiger charge is 2.22. The molecule has 1 aliphatic rings. The van der Waals surface area contributed by atoms with Gasteiger partial charge in [-0.2, -0.15) is 0 Å². The monoisotopic (exact) mass is 384 g/mol. The van der Waals surface area contributed by atoms with Gasteiger partial charge in [-0.1, -0.05) is 30.3 Å². The van der Waals surface area contributed by atoms with E-state index in [-0.39, 0.29) is 11.8 Å². The molecule has 2 aromatic carbocycles. The van der Waals surface area contributed by atoms with Gasteiger partial charge in [-0.3, -0.25) is 9.78 Å². The quantitative estimate of drug-likeness (QED) is 0.376. The van der Waals surface area contributed by atoms with Gasteiger partial charge in [0, 0.05) is 42.0 Å². The molecule has 4 rings (SSSR count). The largest absolute Gasteiger partial charge is 0.465 e. The number of hydrogen-bond acceptors (Lipinski definition) is 5. The number of rotatable bonds is 5. The van der Waals surface area contributed by atoms with Crippen LogP contribution in [-0.4, -0.2) is 30.4 Å². The average molecular weight is 384 g/mol. The summed E-state index contributed by atoms with van der Waals surface area (Å²) in [6, 6.07) is 18.6. The highest BCUT2D eigenvalue weighted by Crippen LogP contribution is 2.31. The standard InChI is InChI=1S/C24H20N2O3/c1-29-24(28)20-7-8-22-19(15-20)11-14-26(22)16-21(17-5-3-2-4-6-17)23(27)18-9-12-25-13-10-18/h2-10,12-13,15-16H,11,14H2,1H3/b21-16+. The van der Waals surface area contributed by atoms with Gasteiger partial charge in [0.05, 0.1) is 12.7 Å². The van der Waals surface area contributed by atoms with Crippen molar-refractivity contribution in [2.24, 2.45) is 0 Å². The molecule has 0 N–H and O–H groups in total. The number of anilines is 1. The third-order valence-electron chi connectivity index (χ3n) is 4.99. The number of Topliss-reactive ketones (excluding diaryl/α,β-unsaturated/α-hetero) is 1. The minimum Gasteiger partial charge on any atom is -0.465 e. The van der Waals surface area contributed by atoms with Crippen molar-refractivity contribution in [3.63, 3.8) is 0 Å². The number of carbonyl (C=O) groups is 2. The van der Waals surface area contributed by atoms with Gasteiger partial charge in [-0.05, 0) is 47.9 Å². The molecule has 0 fully saturated rings. The van der Waals surface area contributed by atoms with Crippen molar-refractivity contribution in [2.75, 3.05) is 18.6 Å². The summed E-state index contributed by atoms with van der Waals surface area (Å²) in [5.41, 5.74) is 4.65. The van der Waals surface area contributed by atoms with Gasteiger partial charge in [-0.15, -0.1) is 0 Å². The zero-order chi connectivity index (χ0) is 20.2. The third-order valence-corrected chi connectivity index (χ3v) is 4.99. The fourth-order valence-electron chi connectivity index (χ4n) is 3.50. The zero-order valence-corrected chi connectivity index (χ0v) is 16.0. The van der Waals surface area contributed by atoms with E-state index < -0.39 is 0 Å². The molecule has 5 nitrogen and oxygen atoms in total. The fraction of sp³-hybridized carbons (Fsp3) is 0.125. The summed E-state index contributed by atoms with van der Waals surface area (Å²) in [6.45, 7) is 0.736. The first-order valence-corrected chi connectivity index (χ1v) is 9.37. The maximum absolute atomic E-state index is 13.2. The highest BCUT2D eigenvalue weighted by molar-refractivity contribution is 6.29. The van der Waals surface area contributed by atoms with Gasteiger partial charge < -0.3 is 9.64 Å². The van der Waals surface area contributed by atoms with Crippen molar-refractivity contribution in [1.82, 2.24) is 4.98 Å². The second-order valence-corrected chi connectivity index (χ2v) is 6.75. The summed E-state index contributed by atoms with van der Waals surface area (Å²) in [6.07, 6.45) is 5.94. The Labute approximate surface area is 169 Å². The van der Waals surface area contributed by atoms with Crippen LogP contribution in [0.5, 0.6) is 0 Å². The molecule has 2 heterocycles. The lowest BCUT2D eigenvalue weighted by atomic mass is 9.98. The maximum atomic E-state index is 13.2. The van der Waals surface area contributed by atoms with Crippen molar-refractivity contribution in [3.8, 4) is 0 Å². The zero-order valence-electron chi connectivity index (χ0n) is 16.0. The first kappa shape index (κ1) is 18.6. The molecule has 0 radical (unpaired) electrons. The van der Waals surface area contributed by atoms with E-state index in [0.29, 0.717) is 16.7 Å². The topological polar surface area (TPSA) is 59.5 Å². The molecule has 144 valence electrons. The molecule has 0 unspecified atom stereocenters. The number of esters is 1. The van der Waals surface area contributed by atoms with Crippen LogP contribution < -0.4 is 4.90 Å². The molecule has 0 amide bonds. The fourth-order valence-corrected chi connectivity index (χ4v) is 3.50. The van der Waals surface area contributed by atoms with Crippen molar-refractivity contribution in [3.05, 3.63) is 102 Å². The number of methoxy groups -OCH3 is 1. The van der Waals surface area contributed by atoms with Gasteiger partial charge in [0.2, 0.25) is 0 Å². The Morgan fingerprint density at radius 1 is 0.966 bits per heavy atom. The van der Waals surface area contributed by atoms with Crippen LogP contribution in [0.3, 0.4) is 0 Å². The Morgan fingerprint density at radius 3 is 2.45 bits per heavy atom. The Morgan fingerprint density at radius 2 is 1.72 bits per heavy atom. The first-order chi connectivity index (χ1) is 14.2. The summed E-state index contributed by atoms with van der Waals surface area (Å²) in [5.74, 6) is -0.405. The molecule has 5 heteroatoms. The Bertz CT molecular complexity index is 1080. The number of hydrogen-bond donors (Lipinski definition) is 0. The number of pyridine rings is 1. The Balaban J connectivity index is 1.74. The van der Waals surface area contributed by atoms with Crippen molar-refractivity contribution < 1.29 is 14.3 Å². The van der Waals surface area contributed by atoms with Gasteiger partial charge in [0.25, 0.3) is 0 Å². The molecule has 0 spiro atoms. The molecule has 3 aromatic rings. The van der Waals surface area contributed by atoms with Gasteiger partial charge in [-0.25, -0.2) is 4.79 Å². The Hall–Kier alpha value is -3.73. The summed E-state index contributed by atoms with van der Waals surface area (Å²) >= 11 is 0. The highest BCUT2D eigenvalue weighted by atomic mass is 16.5. The number of benzene rings is 2. The van der Waals surface area contributed by atoms with E-state index >= 15 is 0 Å². The molecule has 29 heavy (non-hydrogen) atoms. The van der Waals surface area contributed by atoms with E-state index in [0.717, 1.165) is 29.8 Å². The van der Waals surface area contributed by atoms with Crippen LogP contribution in [0.25, 0.3) is 5.57 Å². The predicted molar refractivity (Wildman–Crippen MR) is 112 cm³/mol. The van der Waals surface area contributed by atoms with Crippen LogP contribution >= 0.6 is 0 Å². The molecule has 1 aromatic heterocycles. The number of carbonyl (C=O) groups excluding carboxylic acids is 2. The lowest BCUT2D eigenvalue weighted by molar-refractivity contribution is 0.0600. The van der Waals surface area contributed by atoms with E-state index in [9.17, 15) is 9.59 Å². The van der Waals surface area contributed by atoms with E-state index in [4.69, 9.17) is 4.74 Å². The lowest BCUT2D eigenvalue weighted by Gasteiger charge is -2.17. The van der Waals surface area contributed by atoms with Gasteiger partial charge in [0.15, 0.2) is 5.78 Å². The summed E-state index contributed by atoms with van der Waals surface area (Å²) in [4.78, 5) is 31.1. The summed E-state index contributed by atoms with van der Waals surface area (Å²) < 4.78 is 4.81. The third kappa shape index (κ3) is 3.80. The average Bonchev–Trinajstić information content (AvgIpc) is 3.19. The second kappa shape index (κ2) is 8.10. The van der Waals surface area contributed by atoms with Crippen LogP contribution in [0, 0.1) is 0 Å². The Kier molecular flexibility index (Phi) is 5.20. The summed E-state index contributed by atoms with van der Waals surface area (Å²) in [7, 11) is 1.38. The van der Waals surface area contributed by atoms with E-state index in [1.807, 2.05) is 48.7 Å². The maximum Gasteiger partial charge on any atom is 0.337 e. The first-order valence-electron chi connectivity index (χ1n) is 9.37. The summed E-state index contributed by atoms with van der Waals surface area (Å²) in [5, 5.41) is 0. The molecule has 0 bridgehead atoms. The number of ether oxygens (including phenoxy) is 1. The minimum atomic E-state index is -0.348. The number of aromatic nitrogens is 1. The van der Waals surface area contributed by atoms with Gasteiger partial charge >= 0.3 is 5.97 Å².